The van der Waals surface area contributed by atoms with Gasteiger partial charge in [0.25, 0.3) is 0 Å². The second-order valence-corrected chi connectivity index (χ2v) is 8.96. The molecule has 2 fully saturated rings. The predicted octanol–water partition coefficient (Wildman–Crippen LogP) is 3.21. The van der Waals surface area contributed by atoms with Gasteiger partial charge in [-0.1, -0.05) is 18.2 Å². The Labute approximate surface area is 203 Å². The topological polar surface area (TPSA) is 101 Å². The summed E-state index contributed by atoms with van der Waals surface area (Å²) < 4.78 is 14.6. The summed E-state index contributed by atoms with van der Waals surface area (Å²) in [4.78, 5) is 27.2. The fraction of sp³-hybridized carbons (Fsp3) is 0.500. The fourth-order valence-electron chi connectivity index (χ4n) is 4.02. The Balaban J connectivity index is 0.00000306. The zero-order chi connectivity index (χ0) is 22.7. The van der Waals surface area contributed by atoms with E-state index >= 15 is 0 Å². The number of halogens is 2. The number of piperidine rings is 1. The molecule has 0 radical (unpaired) electrons. The second kappa shape index (κ2) is 11.2. The van der Waals surface area contributed by atoms with E-state index in [1.165, 1.54) is 10.9 Å². The number of aryl methyl sites for hydroxylation is 1. The number of carbonyl (C=O) groups is 2. The largest absolute Gasteiger partial charge is 0.481 e. The molecule has 1 saturated heterocycles. The summed E-state index contributed by atoms with van der Waals surface area (Å²) >= 11 is 4.69. The number of tetrazole rings is 1. The SMILES string of the molecule is Cl.O=C(O)CCCn1nnc(/C=C2\CN(C(C(=O)C3CC3)c3ccccc3F)CCC2S)n1. The van der Waals surface area contributed by atoms with Crippen LogP contribution in [0, 0.1) is 11.7 Å². The Kier molecular flexibility index (Phi) is 8.61. The van der Waals surface area contributed by atoms with E-state index in [9.17, 15) is 14.0 Å². The van der Waals surface area contributed by atoms with Gasteiger partial charge in [-0.2, -0.15) is 17.4 Å². The van der Waals surface area contributed by atoms with E-state index in [0.717, 1.165) is 18.4 Å². The van der Waals surface area contributed by atoms with Gasteiger partial charge in [0.1, 0.15) is 5.82 Å². The Bertz CT molecular complexity index is 1030. The van der Waals surface area contributed by atoms with Gasteiger partial charge in [-0.25, -0.2) is 4.39 Å². The maximum atomic E-state index is 14.6. The molecule has 2 atom stereocenters. The molecule has 1 aliphatic carbocycles. The van der Waals surface area contributed by atoms with Gasteiger partial charge in [-0.15, -0.1) is 22.6 Å². The van der Waals surface area contributed by atoms with Crippen LogP contribution in [0.1, 0.15) is 49.5 Å². The van der Waals surface area contributed by atoms with Crippen molar-refractivity contribution in [3.63, 3.8) is 0 Å². The van der Waals surface area contributed by atoms with E-state index in [2.05, 4.69) is 15.4 Å². The predicted molar refractivity (Wildman–Crippen MR) is 126 cm³/mol. The van der Waals surface area contributed by atoms with Gasteiger partial charge in [-0.3, -0.25) is 14.5 Å². The lowest BCUT2D eigenvalue weighted by molar-refractivity contribution is -0.137. The normalized spacial score (nSPS) is 20.9. The number of benzene rings is 1. The lowest BCUT2D eigenvalue weighted by Crippen LogP contribution is -2.42. The smallest absolute Gasteiger partial charge is 0.303 e. The minimum absolute atomic E-state index is 0. The third-order valence-electron chi connectivity index (χ3n) is 5.85. The van der Waals surface area contributed by atoms with Crippen LogP contribution in [0.5, 0.6) is 0 Å². The Hall–Kier alpha value is -2.30. The molecule has 8 nitrogen and oxygen atoms in total. The molecule has 1 aromatic heterocycles. The van der Waals surface area contributed by atoms with Crippen LogP contribution >= 0.6 is 25.0 Å². The zero-order valence-corrected chi connectivity index (χ0v) is 19.7. The number of Topliss-reactive ketones (excluding diaryl/α,β-unsaturated/α-hetero) is 1. The van der Waals surface area contributed by atoms with Gasteiger partial charge in [0.05, 0.1) is 12.6 Å². The van der Waals surface area contributed by atoms with Gasteiger partial charge in [0.2, 0.25) is 0 Å². The number of likely N-dealkylation sites (tertiary alicyclic amines) is 1. The molecule has 11 heteroatoms. The van der Waals surface area contributed by atoms with Crippen molar-refractivity contribution in [1.29, 1.82) is 0 Å². The number of thiol groups is 1. The van der Waals surface area contributed by atoms with Crippen LogP contribution in [0.25, 0.3) is 6.08 Å². The quantitative estimate of drug-likeness (QED) is 0.515. The van der Waals surface area contributed by atoms with Crippen LogP contribution in [0.3, 0.4) is 0 Å². The first-order chi connectivity index (χ1) is 15.4. The average Bonchev–Trinajstić information content (AvgIpc) is 3.52. The van der Waals surface area contributed by atoms with E-state index < -0.39 is 12.0 Å². The number of hydrogen-bond donors (Lipinski definition) is 2. The van der Waals surface area contributed by atoms with Crippen molar-refractivity contribution >= 4 is 42.9 Å². The number of aromatic nitrogens is 4. The molecule has 33 heavy (non-hydrogen) atoms. The Morgan fingerprint density at radius 2 is 2.03 bits per heavy atom. The third-order valence-corrected chi connectivity index (χ3v) is 6.44. The minimum atomic E-state index is -0.863. The first kappa shape index (κ1) is 25.3. The molecule has 178 valence electrons. The number of carboxylic acid groups (broad SMARTS) is 1. The molecule has 0 spiro atoms. The van der Waals surface area contributed by atoms with Crippen molar-refractivity contribution in [1.82, 2.24) is 25.1 Å². The van der Waals surface area contributed by atoms with Crippen LogP contribution in [0.4, 0.5) is 4.39 Å². The average molecular weight is 496 g/mol. The highest BCUT2D eigenvalue weighted by atomic mass is 35.5. The molecular weight excluding hydrogens is 469 g/mol. The highest BCUT2D eigenvalue weighted by Crippen LogP contribution is 2.39. The third kappa shape index (κ3) is 6.39. The maximum Gasteiger partial charge on any atom is 0.303 e. The van der Waals surface area contributed by atoms with Crippen LogP contribution in [-0.4, -0.2) is 60.3 Å². The van der Waals surface area contributed by atoms with Gasteiger partial charge in [-0.05, 0) is 48.6 Å². The molecule has 2 aromatic rings. The van der Waals surface area contributed by atoms with Crippen molar-refractivity contribution in [3.05, 3.63) is 47.0 Å². The van der Waals surface area contributed by atoms with Gasteiger partial charge < -0.3 is 5.11 Å². The van der Waals surface area contributed by atoms with Crippen molar-refractivity contribution in [2.75, 3.05) is 13.1 Å². The summed E-state index contributed by atoms with van der Waals surface area (Å²) in [7, 11) is 0. The lowest BCUT2D eigenvalue weighted by atomic mass is 9.93. The lowest BCUT2D eigenvalue weighted by Gasteiger charge is -2.37. The number of aliphatic carboxylic acids is 1. The molecule has 1 N–H and O–H groups in total. The number of nitrogens with zero attached hydrogens (tertiary/aromatic N) is 5. The van der Waals surface area contributed by atoms with Crippen molar-refractivity contribution in [3.8, 4) is 0 Å². The van der Waals surface area contributed by atoms with E-state index in [1.54, 1.807) is 18.2 Å². The van der Waals surface area contributed by atoms with Gasteiger partial charge in [0, 0.05) is 36.2 Å². The molecule has 1 aliphatic heterocycles. The Morgan fingerprint density at radius 3 is 2.73 bits per heavy atom. The Morgan fingerprint density at radius 1 is 1.27 bits per heavy atom. The first-order valence-electron chi connectivity index (χ1n) is 10.8. The number of ketones is 1. The van der Waals surface area contributed by atoms with E-state index in [-0.39, 0.29) is 41.6 Å². The van der Waals surface area contributed by atoms with Crippen molar-refractivity contribution in [2.45, 2.75) is 49.9 Å². The van der Waals surface area contributed by atoms with Crippen molar-refractivity contribution < 1.29 is 19.1 Å². The monoisotopic (exact) mass is 495 g/mol. The maximum absolute atomic E-state index is 14.6. The van der Waals surface area contributed by atoms with Gasteiger partial charge in [0.15, 0.2) is 11.6 Å². The van der Waals surface area contributed by atoms with Crippen LogP contribution < -0.4 is 0 Å². The van der Waals surface area contributed by atoms with Crippen LogP contribution in [0.15, 0.2) is 29.8 Å². The summed E-state index contributed by atoms with van der Waals surface area (Å²) in [6, 6.07) is 5.87. The molecular formula is C22H27ClFN5O3S. The summed E-state index contributed by atoms with van der Waals surface area (Å²) in [5.41, 5.74) is 1.36. The van der Waals surface area contributed by atoms with E-state index in [0.29, 0.717) is 43.9 Å². The first-order valence-corrected chi connectivity index (χ1v) is 11.3. The summed E-state index contributed by atoms with van der Waals surface area (Å²) in [6.45, 7) is 1.46. The molecule has 2 heterocycles. The van der Waals surface area contributed by atoms with E-state index in [4.69, 9.17) is 17.7 Å². The highest BCUT2D eigenvalue weighted by molar-refractivity contribution is 7.81. The number of carboxylic acids is 1. The molecule has 2 unspecified atom stereocenters. The molecule has 1 saturated carbocycles. The fourth-order valence-corrected chi connectivity index (χ4v) is 4.29. The van der Waals surface area contributed by atoms with Crippen LogP contribution in [0.2, 0.25) is 0 Å². The molecule has 4 rings (SSSR count). The number of rotatable bonds is 9. The summed E-state index contributed by atoms with van der Waals surface area (Å²) in [5, 5.41) is 21.0. The van der Waals surface area contributed by atoms with Crippen LogP contribution in [-0.2, 0) is 16.1 Å². The summed E-state index contributed by atoms with van der Waals surface area (Å²) in [6.07, 6.45) is 4.71. The number of carbonyl (C=O) groups excluding carboxylic acids is 1. The van der Waals surface area contributed by atoms with Crippen molar-refractivity contribution in [2.24, 2.45) is 5.92 Å². The summed E-state index contributed by atoms with van der Waals surface area (Å²) in [5.74, 6) is -0.733. The second-order valence-electron chi connectivity index (χ2n) is 8.34. The standard InChI is InChI=1S/C22H26FN5O3S.ClH/c23-17-5-2-1-4-16(17)21(22(31)14-7-8-14)27-11-9-18(32)15(13-27)12-19-24-26-28(25-19)10-3-6-20(29)30;/h1-2,4-5,12,14,18,21,32H,3,6-11,13H2,(H,29,30);1H/b15-12+;. The van der Waals surface area contributed by atoms with Gasteiger partial charge >= 0.3 is 5.97 Å². The number of hydrogen-bond acceptors (Lipinski definition) is 7. The van der Waals surface area contributed by atoms with E-state index in [1.807, 2.05) is 11.0 Å². The molecule has 0 bridgehead atoms. The molecule has 0 amide bonds. The molecule has 2 aliphatic rings. The highest BCUT2D eigenvalue weighted by Gasteiger charge is 2.40. The minimum Gasteiger partial charge on any atom is -0.481 e. The molecule has 1 aromatic carbocycles. The zero-order valence-electron chi connectivity index (χ0n) is 18.0.